The molecule has 1 aromatic heterocycles. The molecule has 0 aliphatic carbocycles. The molecule has 1 saturated heterocycles. The van der Waals surface area contributed by atoms with Crippen LogP contribution in [0.15, 0.2) is 18.5 Å². The zero-order chi connectivity index (χ0) is 16.4. The molecule has 2 heterocycles. The second-order valence-corrected chi connectivity index (χ2v) is 7.03. The van der Waals surface area contributed by atoms with Gasteiger partial charge in [-0.15, -0.1) is 0 Å². The normalized spacial score (nSPS) is 22.2. The van der Waals surface area contributed by atoms with E-state index in [1.54, 1.807) is 23.4 Å². The first-order chi connectivity index (χ1) is 10.2. The average Bonchev–Trinajstić information content (AvgIpc) is 2.40. The fraction of sp³-hybridized carbons (Fsp3) is 0.625. The molecule has 22 heavy (non-hydrogen) atoms. The lowest BCUT2D eigenvalue weighted by Crippen LogP contribution is -2.59. The van der Waals surface area contributed by atoms with Crippen LogP contribution in [0.5, 0.6) is 0 Å². The average molecular weight is 306 g/mol. The first-order valence-corrected chi connectivity index (χ1v) is 7.66. The topological polar surface area (TPSA) is 80.5 Å². The molecule has 1 fully saturated rings. The highest BCUT2D eigenvalue weighted by Crippen LogP contribution is 2.34. The van der Waals surface area contributed by atoms with Crippen LogP contribution in [-0.4, -0.2) is 35.3 Å². The Morgan fingerprint density at radius 1 is 1.50 bits per heavy atom. The van der Waals surface area contributed by atoms with E-state index in [0.29, 0.717) is 17.9 Å². The second kappa shape index (κ2) is 6.12. The summed E-state index contributed by atoms with van der Waals surface area (Å²) in [5.41, 5.74) is 6.24. The molecule has 1 amide bonds. The smallest absolute Gasteiger partial charge is 0.415 e. The van der Waals surface area contributed by atoms with E-state index in [4.69, 9.17) is 10.5 Å². The summed E-state index contributed by atoms with van der Waals surface area (Å²) >= 11 is 0. The summed E-state index contributed by atoms with van der Waals surface area (Å²) in [6, 6.07) is 1.76. The highest BCUT2D eigenvalue weighted by atomic mass is 16.6. The number of aromatic nitrogens is 1. The Hall–Kier alpha value is -1.82. The number of carbonyl (C=O) groups excluding carboxylic acids is 1. The molecule has 1 unspecified atom stereocenters. The molecule has 1 aliphatic heterocycles. The molecular weight excluding hydrogens is 280 g/mol. The van der Waals surface area contributed by atoms with Crippen molar-refractivity contribution in [3.8, 4) is 0 Å². The molecule has 1 atom stereocenters. The summed E-state index contributed by atoms with van der Waals surface area (Å²) in [5, 5.41) is 3.36. The molecule has 2 rings (SSSR count). The lowest BCUT2D eigenvalue weighted by atomic mass is 9.90. The number of nitrogens with zero attached hydrogens (tertiary/aromatic N) is 2. The molecule has 0 spiro atoms. The molecular formula is C16H26N4O2. The van der Waals surface area contributed by atoms with E-state index in [2.05, 4.69) is 17.2 Å². The van der Waals surface area contributed by atoms with Crippen molar-refractivity contribution < 1.29 is 9.53 Å². The van der Waals surface area contributed by atoms with E-state index >= 15 is 0 Å². The van der Waals surface area contributed by atoms with E-state index in [0.717, 1.165) is 19.4 Å². The largest absolute Gasteiger partial charge is 0.443 e. The van der Waals surface area contributed by atoms with Gasteiger partial charge in [0.2, 0.25) is 0 Å². The predicted octanol–water partition coefficient (Wildman–Crippen LogP) is 2.55. The van der Waals surface area contributed by atoms with Crippen LogP contribution in [0, 0.1) is 0 Å². The number of nitrogens with one attached hydrogen (secondary N) is 1. The number of anilines is 2. The molecule has 3 N–H and O–H groups in total. The maximum absolute atomic E-state index is 12.8. The lowest BCUT2D eigenvalue weighted by molar-refractivity contribution is 0.0530. The van der Waals surface area contributed by atoms with Gasteiger partial charge in [0.15, 0.2) is 0 Å². The summed E-state index contributed by atoms with van der Waals surface area (Å²) in [7, 11) is 0. The van der Waals surface area contributed by atoms with Crippen LogP contribution in [0.25, 0.3) is 0 Å². The summed E-state index contributed by atoms with van der Waals surface area (Å²) in [5.74, 6) is 0. The van der Waals surface area contributed by atoms with Crippen molar-refractivity contribution in [2.24, 2.45) is 0 Å². The summed E-state index contributed by atoms with van der Waals surface area (Å²) in [6.07, 6.45) is 4.72. The van der Waals surface area contributed by atoms with Gasteiger partial charge in [-0.2, -0.15) is 0 Å². The molecule has 0 bridgehead atoms. The van der Waals surface area contributed by atoms with Crippen molar-refractivity contribution in [1.29, 1.82) is 0 Å². The summed E-state index contributed by atoms with van der Waals surface area (Å²) in [6.45, 7) is 9.31. The molecule has 0 radical (unpaired) electrons. The highest BCUT2D eigenvalue weighted by Gasteiger charge is 2.40. The van der Waals surface area contributed by atoms with Crippen LogP contribution in [0.3, 0.4) is 0 Å². The highest BCUT2D eigenvalue weighted by molar-refractivity contribution is 5.93. The molecule has 6 nitrogen and oxygen atoms in total. The number of rotatable bonds is 2. The number of carbonyl (C=O) groups is 1. The van der Waals surface area contributed by atoms with E-state index in [1.807, 2.05) is 20.8 Å². The Bertz CT molecular complexity index is 533. The van der Waals surface area contributed by atoms with Crippen molar-refractivity contribution in [3.05, 3.63) is 18.5 Å². The minimum atomic E-state index is -0.560. The van der Waals surface area contributed by atoms with Crippen LogP contribution in [0.2, 0.25) is 0 Å². The van der Waals surface area contributed by atoms with E-state index in [1.165, 1.54) is 0 Å². The first-order valence-electron chi connectivity index (χ1n) is 7.66. The molecule has 0 saturated carbocycles. The maximum Gasteiger partial charge on any atom is 0.415 e. The monoisotopic (exact) mass is 306 g/mol. The number of amides is 1. The fourth-order valence-electron chi connectivity index (χ4n) is 2.75. The van der Waals surface area contributed by atoms with Crippen molar-refractivity contribution in [2.45, 2.75) is 51.7 Å². The van der Waals surface area contributed by atoms with E-state index in [9.17, 15) is 4.79 Å². The Kier molecular flexibility index (Phi) is 4.60. The van der Waals surface area contributed by atoms with Gasteiger partial charge in [0, 0.05) is 12.7 Å². The van der Waals surface area contributed by atoms with Crippen LogP contribution in [0.1, 0.15) is 40.5 Å². The summed E-state index contributed by atoms with van der Waals surface area (Å²) < 4.78 is 5.61. The van der Waals surface area contributed by atoms with Crippen LogP contribution >= 0.6 is 0 Å². The minimum Gasteiger partial charge on any atom is -0.443 e. The predicted molar refractivity (Wildman–Crippen MR) is 87.9 cm³/mol. The van der Waals surface area contributed by atoms with Gasteiger partial charge in [-0.05, 0) is 53.1 Å². The van der Waals surface area contributed by atoms with Crippen LogP contribution in [-0.2, 0) is 4.74 Å². The zero-order valence-electron chi connectivity index (χ0n) is 13.8. The Labute approximate surface area is 132 Å². The van der Waals surface area contributed by atoms with Crippen molar-refractivity contribution in [3.63, 3.8) is 0 Å². The SMILES string of the molecule is CC(C)(C)OC(=O)N(c1ccncc1N)C1(C)CCCNC1. The second-order valence-electron chi connectivity index (χ2n) is 7.03. The van der Waals surface area contributed by atoms with Crippen molar-refractivity contribution >= 4 is 17.5 Å². The van der Waals surface area contributed by atoms with E-state index in [-0.39, 0.29) is 11.6 Å². The van der Waals surface area contributed by atoms with Gasteiger partial charge in [-0.1, -0.05) is 0 Å². The Balaban J connectivity index is 2.41. The number of hydrogen-bond acceptors (Lipinski definition) is 5. The molecule has 0 aromatic carbocycles. The number of nitrogens with two attached hydrogens (primary N) is 1. The lowest BCUT2D eigenvalue weighted by Gasteiger charge is -2.44. The van der Waals surface area contributed by atoms with E-state index < -0.39 is 5.60 Å². The molecule has 122 valence electrons. The number of pyridine rings is 1. The number of ether oxygens (including phenoxy) is 1. The fourth-order valence-corrected chi connectivity index (χ4v) is 2.75. The van der Waals surface area contributed by atoms with Gasteiger partial charge < -0.3 is 15.8 Å². The Morgan fingerprint density at radius 3 is 2.77 bits per heavy atom. The quantitative estimate of drug-likeness (QED) is 0.877. The maximum atomic E-state index is 12.8. The first kappa shape index (κ1) is 16.5. The number of hydrogen-bond donors (Lipinski definition) is 2. The van der Waals surface area contributed by atoms with Crippen LogP contribution < -0.4 is 16.0 Å². The van der Waals surface area contributed by atoms with Crippen LogP contribution in [0.4, 0.5) is 16.2 Å². The number of piperidine rings is 1. The third-order valence-electron chi connectivity index (χ3n) is 3.76. The van der Waals surface area contributed by atoms with Gasteiger partial charge >= 0.3 is 6.09 Å². The molecule has 1 aliphatic rings. The molecule has 1 aromatic rings. The summed E-state index contributed by atoms with van der Waals surface area (Å²) in [4.78, 5) is 18.5. The third kappa shape index (κ3) is 3.68. The van der Waals surface area contributed by atoms with Crippen molar-refractivity contribution in [2.75, 3.05) is 23.7 Å². The minimum absolute atomic E-state index is 0.378. The third-order valence-corrected chi connectivity index (χ3v) is 3.76. The van der Waals surface area contributed by atoms with Gasteiger partial charge in [-0.3, -0.25) is 9.88 Å². The standard InChI is InChI=1S/C16H26N4O2/c1-15(2,3)22-14(21)20(13-6-9-18-10-12(13)17)16(4)7-5-8-19-11-16/h6,9-10,19H,5,7-8,11,17H2,1-4H3. The van der Waals surface area contributed by atoms with Crippen molar-refractivity contribution in [1.82, 2.24) is 10.3 Å². The molecule has 6 heteroatoms. The van der Waals surface area contributed by atoms with Gasteiger partial charge in [-0.25, -0.2) is 4.79 Å². The Morgan fingerprint density at radius 2 is 2.23 bits per heavy atom. The van der Waals surface area contributed by atoms with Gasteiger partial charge in [0.25, 0.3) is 0 Å². The van der Waals surface area contributed by atoms with Gasteiger partial charge in [0.1, 0.15) is 5.60 Å². The number of nitrogen functional groups attached to an aromatic ring is 1. The zero-order valence-corrected chi connectivity index (χ0v) is 13.8. The van der Waals surface area contributed by atoms with Gasteiger partial charge in [0.05, 0.1) is 23.1 Å².